The van der Waals surface area contributed by atoms with Gasteiger partial charge in [0.2, 0.25) is 11.8 Å². The number of carbonyl (C=O) groups excluding carboxylic acids is 3. The molecule has 0 unspecified atom stereocenters. The van der Waals surface area contributed by atoms with E-state index in [-0.39, 0.29) is 17.6 Å². The van der Waals surface area contributed by atoms with Gasteiger partial charge in [-0.2, -0.15) is 0 Å². The molecule has 0 atom stereocenters. The third kappa shape index (κ3) is 6.75. The van der Waals surface area contributed by atoms with E-state index in [4.69, 9.17) is 0 Å². The summed E-state index contributed by atoms with van der Waals surface area (Å²) in [4.78, 5) is 40.4. The van der Waals surface area contributed by atoms with Gasteiger partial charge in [-0.3, -0.25) is 19.3 Å². The van der Waals surface area contributed by atoms with Crippen molar-refractivity contribution in [3.05, 3.63) is 83.4 Å². The predicted molar refractivity (Wildman–Crippen MR) is 127 cm³/mol. The molecule has 0 radical (unpaired) electrons. The summed E-state index contributed by atoms with van der Waals surface area (Å²) in [5, 5.41) is 2.73. The maximum Gasteiger partial charge on any atom is 0.249 e. The first-order valence-electron chi connectivity index (χ1n) is 10.8. The van der Waals surface area contributed by atoms with Gasteiger partial charge in [0, 0.05) is 55.6 Å². The zero-order chi connectivity index (χ0) is 22.9. The van der Waals surface area contributed by atoms with Crippen LogP contribution in [0.15, 0.2) is 72.3 Å². The molecule has 0 aromatic heterocycles. The minimum atomic E-state index is -0.365. The Morgan fingerprint density at radius 1 is 0.906 bits per heavy atom. The number of anilines is 1. The largest absolute Gasteiger partial charge is 0.336 e. The molecule has 166 valence electrons. The quantitative estimate of drug-likeness (QED) is 0.537. The van der Waals surface area contributed by atoms with Crippen LogP contribution in [0.4, 0.5) is 5.69 Å². The number of nitrogens with zero attached hydrogens (tertiary/aromatic N) is 2. The van der Waals surface area contributed by atoms with Gasteiger partial charge in [-0.1, -0.05) is 42.5 Å². The van der Waals surface area contributed by atoms with Crippen LogP contribution in [-0.2, 0) is 9.59 Å². The van der Waals surface area contributed by atoms with Crippen molar-refractivity contribution in [3.63, 3.8) is 0 Å². The summed E-state index contributed by atoms with van der Waals surface area (Å²) in [6.07, 6.45) is 5.58. The lowest BCUT2D eigenvalue weighted by molar-refractivity contribution is -0.129. The molecule has 32 heavy (non-hydrogen) atoms. The Kier molecular flexibility index (Phi) is 8.11. The first-order chi connectivity index (χ1) is 15.4. The fourth-order valence-electron chi connectivity index (χ4n) is 3.51. The van der Waals surface area contributed by atoms with E-state index >= 15 is 0 Å². The highest BCUT2D eigenvalue weighted by Gasteiger charge is 2.21. The molecule has 1 heterocycles. The average Bonchev–Trinajstić information content (AvgIpc) is 2.80. The summed E-state index contributed by atoms with van der Waals surface area (Å²) in [6, 6.07) is 16.8. The van der Waals surface area contributed by atoms with E-state index in [0.29, 0.717) is 29.9 Å². The Hall–Kier alpha value is -3.51. The number of ketones is 1. The molecule has 0 spiro atoms. The van der Waals surface area contributed by atoms with Crippen molar-refractivity contribution in [1.82, 2.24) is 9.80 Å². The minimum Gasteiger partial charge on any atom is -0.336 e. The maximum absolute atomic E-state index is 12.7. The fourth-order valence-corrected chi connectivity index (χ4v) is 3.51. The third-order valence-electron chi connectivity index (χ3n) is 5.38. The van der Waals surface area contributed by atoms with Crippen molar-refractivity contribution in [3.8, 4) is 0 Å². The van der Waals surface area contributed by atoms with E-state index in [1.54, 1.807) is 36.1 Å². The molecule has 1 saturated heterocycles. The van der Waals surface area contributed by atoms with Gasteiger partial charge in [-0.25, -0.2) is 0 Å². The molecule has 0 aliphatic carbocycles. The molecule has 3 rings (SSSR count). The number of amides is 2. The molecule has 0 bridgehead atoms. The second-order valence-electron chi connectivity index (χ2n) is 7.86. The van der Waals surface area contributed by atoms with Crippen molar-refractivity contribution in [2.24, 2.45) is 0 Å². The summed E-state index contributed by atoms with van der Waals surface area (Å²) in [5.74, 6) is -0.515. The first-order valence-corrected chi connectivity index (χ1v) is 10.8. The molecular weight excluding hydrogens is 402 g/mol. The second-order valence-corrected chi connectivity index (χ2v) is 7.86. The highest BCUT2D eigenvalue weighted by atomic mass is 16.2. The summed E-state index contributed by atoms with van der Waals surface area (Å²) in [7, 11) is 0. The van der Waals surface area contributed by atoms with Gasteiger partial charge >= 0.3 is 0 Å². The molecule has 1 aliphatic heterocycles. The molecule has 6 heteroatoms. The van der Waals surface area contributed by atoms with Crippen molar-refractivity contribution in [2.75, 3.05) is 38.0 Å². The topological polar surface area (TPSA) is 69.7 Å². The van der Waals surface area contributed by atoms with Crippen LogP contribution in [0.1, 0.15) is 29.8 Å². The van der Waals surface area contributed by atoms with E-state index < -0.39 is 0 Å². The number of hydrogen-bond donors (Lipinski definition) is 1. The molecular formula is C26H29N3O3. The lowest BCUT2D eigenvalue weighted by Gasteiger charge is -2.34. The number of rotatable bonds is 7. The highest BCUT2D eigenvalue weighted by Crippen LogP contribution is 2.12. The second kappa shape index (κ2) is 11.2. The molecule has 6 nitrogen and oxygen atoms in total. The van der Waals surface area contributed by atoms with Gasteiger partial charge in [-0.15, -0.1) is 0 Å². The molecule has 2 aromatic carbocycles. The van der Waals surface area contributed by atoms with Crippen molar-refractivity contribution < 1.29 is 14.4 Å². The zero-order valence-corrected chi connectivity index (χ0v) is 18.6. The maximum atomic E-state index is 12.7. The summed E-state index contributed by atoms with van der Waals surface area (Å²) in [5.41, 5.74) is 2.74. The minimum absolute atomic E-state index is 0.0310. The SMILES string of the molecule is CC(=O)c1ccc(NC(=O)/C=C(/C)C(=O)N2CCN(C/C=C/c3ccccc3)CC2)cc1. The van der Waals surface area contributed by atoms with Crippen LogP contribution in [-0.4, -0.2) is 60.1 Å². The lowest BCUT2D eigenvalue weighted by Crippen LogP contribution is -2.48. The van der Waals surface area contributed by atoms with Crippen molar-refractivity contribution in [1.29, 1.82) is 0 Å². The van der Waals surface area contributed by atoms with E-state index in [2.05, 4.69) is 34.5 Å². The zero-order valence-electron chi connectivity index (χ0n) is 18.6. The average molecular weight is 432 g/mol. The normalized spacial score (nSPS) is 15.1. The smallest absolute Gasteiger partial charge is 0.249 e. The highest BCUT2D eigenvalue weighted by molar-refractivity contribution is 6.06. The molecule has 1 fully saturated rings. The molecule has 1 aliphatic rings. The van der Waals surface area contributed by atoms with E-state index in [0.717, 1.165) is 19.6 Å². The number of hydrogen-bond acceptors (Lipinski definition) is 4. The van der Waals surface area contributed by atoms with Crippen LogP contribution in [0.3, 0.4) is 0 Å². The fraction of sp³-hybridized carbons (Fsp3) is 0.269. The Balaban J connectivity index is 1.46. The number of nitrogens with one attached hydrogen (secondary N) is 1. The monoisotopic (exact) mass is 431 g/mol. The molecule has 2 amide bonds. The predicted octanol–water partition coefficient (Wildman–Crippen LogP) is 3.63. The Labute approximate surface area is 189 Å². The standard InChI is InChI=1S/C26H29N3O3/c1-20(19-25(31)27-24-12-10-23(11-13-24)21(2)30)26(32)29-17-15-28(16-18-29)14-6-9-22-7-4-3-5-8-22/h3-13,19H,14-18H2,1-2H3,(H,27,31)/b9-6+,20-19-. The van der Waals surface area contributed by atoms with E-state index in [1.165, 1.54) is 18.6 Å². The van der Waals surface area contributed by atoms with E-state index in [9.17, 15) is 14.4 Å². The summed E-state index contributed by atoms with van der Waals surface area (Å²) in [6.45, 7) is 6.87. The van der Waals surface area contributed by atoms with Gasteiger partial charge in [0.25, 0.3) is 0 Å². The molecule has 0 saturated carbocycles. The Morgan fingerprint density at radius 2 is 1.56 bits per heavy atom. The number of benzene rings is 2. The Bertz CT molecular complexity index is 1000. The van der Waals surface area contributed by atoms with Crippen LogP contribution in [0, 0.1) is 0 Å². The Morgan fingerprint density at radius 3 is 2.19 bits per heavy atom. The van der Waals surface area contributed by atoms with E-state index in [1.807, 2.05) is 18.2 Å². The number of carbonyl (C=O) groups is 3. The van der Waals surface area contributed by atoms with Crippen LogP contribution in [0.2, 0.25) is 0 Å². The molecule has 2 aromatic rings. The van der Waals surface area contributed by atoms with Gasteiger partial charge < -0.3 is 10.2 Å². The summed E-state index contributed by atoms with van der Waals surface area (Å²) >= 11 is 0. The number of Topliss-reactive ketones (excluding diaryl/α,β-unsaturated/α-hetero) is 1. The van der Waals surface area contributed by atoms with Crippen molar-refractivity contribution in [2.45, 2.75) is 13.8 Å². The molecule has 1 N–H and O–H groups in total. The van der Waals surface area contributed by atoms with Crippen molar-refractivity contribution >= 4 is 29.4 Å². The summed E-state index contributed by atoms with van der Waals surface area (Å²) < 4.78 is 0. The van der Waals surface area contributed by atoms with Crippen LogP contribution in [0.25, 0.3) is 6.08 Å². The van der Waals surface area contributed by atoms with Crippen LogP contribution in [0.5, 0.6) is 0 Å². The van der Waals surface area contributed by atoms with Crippen LogP contribution < -0.4 is 5.32 Å². The van der Waals surface area contributed by atoms with Gasteiger partial charge in [0.15, 0.2) is 5.78 Å². The van der Waals surface area contributed by atoms with Gasteiger partial charge in [-0.05, 0) is 43.7 Å². The van der Waals surface area contributed by atoms with Gasteiger partial charge in [0.05, 0.1) is 0 Å². The van der Waals surface area contributed by atoms with Gasteiger partial charge in [0.1, 0.15) is 0 Å². The lowest BCUT2D eigenvalue weighted by atomic mass is 10.1. The first kappa shape index (κ1) is 23.2. The van der Waals surface area contributed by atoms with Crippen LogP contribution >= 0.6 is 0 Å². The third-order valence-corrected chi connectivity index (χ3v) is 5.38. The number of piperazine rings is 1.